The van der Waals surface area contributed by atoms with Gasteiger partial charge in [-0.05, 0) is 35.9 Å². The number of aromatic nitrogens is 1. The van der Waals surface area contributed by atoms with Gasteiger partial charge in [0.05, 0.1) is 19.6 Å². The standard InChI is InChI=1S/C19H17ClN2O3/c20-15-5-6-17-16(12-15)21-19(25-17)14-3-1-13(2-4-14)11-18(23)22-7-9-24-10-8-22/h1-6,12H,7-11H2. The molecule has 2 aromatic carbocycles. The molecule has 1 saturated heterocycles. The predicted octanol–water partition coefficient (Wildman–Crippen LogP) is 3.55. The van der Waals surface area contributed by atoms with E-state index in [0.29, 0.717) is 49.2 Å². The van der Waals surface area contributed by atoms with Crippen LogP contribution in [0.4, 0.5) is 0 Å². The summed E-state index contributed by atoms with van der Waals surface area (Å²) in [6, 6.07) is 13.1. The predicted molar refractivity (Wildman–Crippen MR) is 95.6 cm³/mol. The maximum Gasteiger partial charge on any atom is 0.227 e. The molecule has 0 radical (unpaired) electrons. The minimum atomic E-state index is 0.132. The van der Waals surface area contributed by atoms with Gasteiger partial charge in [-0.25, -0.2) is 4.98 Å². The van der Waals surface area contributed by atoms with Crippen molar-refractivity contribution in [3.05, 3.63) is 53.1 Å². The summed E-state index contributed by atoms with van der Waals surface area (Å²) in [5, 5.41) is 0.629. The minimum absolute atomic E-state index is 0.132. The molecule has 1 amide bonds. The van der Waals surface area contributed by atoms with E-state index in [0.717, 1.165) is 16.6 Å². The van der Waals surface area contributed by atoms with Gasteiger partial charge in [0.25, 0.3) is 0 Å². The van der Waals surface area contributed by atoms with Gasteiger partial charge in [0, 0.05) is 23.7 Å². The van der Waals surface area contributed by atoms with E-state index in [2.05, 4.69) is 4.98 Å². The third-order valence-electron chi connectivity index (χ3n) is 4.27. The molecule has 0 N–H and O–H groups in total. The monoisotopic (exact) mass is 356 g/mol. The van der Waals surface area contributed by atoms with Gasteiger partial charge >= 0.3 is 0 Å². The summed E-state index contributed by atoms with van der Waals surface area (Å²) in [5.74, 6) is 0.677. The van der Waals surface area contributed by atoms with E-state index in [1.165, 1.54) is 0 Å². The van der Waals surface area contributed by atoms with Crippen LogP contribution in [0.25, 0.3) is 22.6 Å². The summed E-state index contributed by atoms with van der Waals surface area (Å²) in [6.07, 6.45) is 0.392. The van der Waals surface area contributed by atoms with E-state index in [4.69, 9.17) is 20.8 Å². The molecule has 0 aliphatic carbocycles. The van der Waals surface area contributed by atoms with E-state index in [1.807, 2.05) is 35.2 Å². The van der Waals surface area contributed by atoms with Crippen LogP contribution in [0, 0.1) is 0 Å². The molecule has 128 valence electrons. The molecule has 0 unspecified atom stereocenters. The van der Waals surface area contributed by atoms with Crippen molar-refractivity contribution in [2.45, 2.75) is 6.42 Å². The van der Waals surface area contributed by atoms with Crippen LogP contribution in [0.3, 0.4) is 0 Å². The number of hydrogen-bond acceptors (Lipinski definition) is 4. The van der Waals surface area contributed by atoms with Crippen LogP contribution in [0.2, 0.25) is 5.02 Å². The Kier molecular flexibility index (Phi) is 4.42. The molecule has 3 aromatic rings. The molecular formula is C19H17ClN2O3. The van der Waals surface area contributed by atoms with Gasteiger partial charge in [-0.1, -0.05) is 23.7 Å². The fourth-order valence-corrected chi connectivity index (χ4v) is 3.05. The van der Waals surface area contributed by atoms with E-state index in [-0.39, 0.29) is 5.91 Å². The maximum absolute atomic E-state index is 12.3. The molecular weight excluding hydrogens is 340 g/mol. The molecule has 0 spiro atoms. The first kappa shape index (κ1) is 16.1. The fraction of sp³-hybridized carbons (Fsp3) is 0.263. The quantitative estimate of drug-likeness (QED) is 0.720. The lowest BCUT2D eigenvalue weighted by Gasteiger charge is -2.26. The average Bonchev–Trinajstić information content (AvgIpc) is 3.06. The Morgan fingerprint density at radius 3 is 2.64 bits per heavy atom. The summed E-state index contributed by atoms with van der Waals surface area (Å²) in [7, 11) is 0. The zero-order valence-corrected chi connectivity index (χ0v) is 14.3. The second-order valence-electron chi connectivity index (χ2n) is 6.00. The summed E-state index contributed by atoms with van der Waals surface area (Å²) in [6.45, 7) is 2.57. The topological polar surface area (TPSA) is 55.6 Å². The molecule has 1 aliphatic rings. The molecule has 1 fully saturated rings. The molecule has 1 aromatic heterocycles. The number of carbonyl (C=O) groups is 1. The van der Waals surface area contributed by atoms with Crippen LogP contribution >= 0.6 is 11.6 Å². The van der Waals surface area contributed by atoms with Gasteiger partial charge in [0.1, 0.15) is 5.52 Å². The van der Waals surface area contributed by atoms with E-state index < -0.39 is 0 Å². The first-order valence-electron chi connectivity index (χ1n) is 8.20. The highest BCUT2D eigenvalue weighted by molar-refractivity contribution is 6.31. The molecule has 2 heterocycles. The van der Waals surface area contributed by atoms with Crippen molar-refractivity contribution in [1.29, 1.82) is 0 Å². The highest BCUT2D eigenvalue weighted by Crippen LogP contribution is 2.26. The van der Waals surface area contributed by atoms with Crippen molar-refractivity contribution in [1.82, 2.24) is 9.88 Å². The van der Waals surface area contributed by atoms with Gasteiger partial charge in [0.2, 0.25) is 11.8 Å². The minimum Gasteiger partial charge on any atom is -0.436 e. The summed E-state index contributed by atoms with van der Waals surface area (Å²) in [4.78, 5) is 18.6. The van der Waals surface area contributed by atoms with Crippen LogP contribution in [-0.2, 0) is 16.0 Å². The number of carbonyl (C=O) groups excluding carboxylic acids is 1. The van der Waals surface area contributed by atoms with Crippen LogP contribution in [0.15, 0.2) is 46.9 Å². The van der Waals surface area contributed by atoms with Gasteiger partial charge in [-0.3, -0.25) is 4.79 Å². The number of fused-ring (bicyclic) bond motifs is 1. The Morgan fingerprint density at radius 2 is 1.88 bits per heavy atom. The largest absolute Gasteiger partial charge is 0.436 e. The summed E-state index contributed by atoms with van der Waals surface area (Å²) < 4.78 is 11.0. The van der Waals surface area contributed by atoms with Gasteiger partial charge < -0.3 is 14.1 Å². The van der Waals surface area contributed by atoms with Gasteiger partial charge in [-0.2, -0.15) is 0 Å². The van der Waals surface area contributed by atoms with Crippen LogP contribution in [-0.4, -0.2) is 42.1 Å². The molecule has 0 bridgehead atoms. The first-order valence-corrected chi connectivity index (χ1v) is 8.58. The highest BCUT2D eigenvalue weighted by atomic mass is 35.5. The van der Waals surface area contributed by atoms with Gasteiger partial charge in [0.15, 0.2) is 5.58 Å². The molecule has 1 aliphatic heterocycles. The second kappa shape index (κ2) is 6.86. The van der Waals surface area contributed by atoms with Crippen molar-refractivity contribution in [2.75, 3.05) is 26.3 Å². The lowest BCUT2D eigenvalue weighted by molar-refractivity contribution is -0.134. The van der Waals surface area contributed by atoms with Crippen LogP contribution in [0.5, 0.6) is 0 Å². The zero-order valence-electron chi connectivity index (χ0n) is 13.6. The number of hydrogen-bond donors (Lipinski definition) is 0. The average molecular weight is 357 g/mol. The number of rotatable bonds is 3. The third kappa shape index (κ3) is 3.52. The number of oxazole rings is 1. The number of halogens is 1. The van der Waals surface area contributed by atoms with Crippen molar-refractivity contribution in [3.63, 3.8) is 0 Å². The molecule has 0 saturated carbocycles. The molecule has 6 heteroatoms. The number of benzene rings is 2. The molecule has 25 heavy (non-hydrogen) atoms. The Balaban J connectivity index is 1.49. The Morgan fingerprint density at radius 1 is 1.12 bits per heavy atom. The molecule has 0 atom stereocenters. The Labute approximate surface area is 150 Å². The van der Waals surface area contributed by atoms with Crippen LogP contribution < -0.4 is 0 Å². The summed E-state index contributed by atoms with van der Waals surface area (Å²) >= 11 is 5.98. The normalized spacial score (nSPS) is 14.8. The van der Waals surface area contributed by atoms with E-state index >= 15 is 0 Å². The highest BCUT2D eigenvalue weighted by Gasteiger charge is 2.17. The number of ether oxygens (including phenoxy) is 1. The van der Waals surface area contributed by atoms with Crippen molar-refractivity contribution >= 4 is 28.6 Å². The third-order valence-corrected chi connectivity index (χ3v) is 4.50. The number of morpholine rings is 1. The fourth-order valence-electron chi connectivity index (χ4n) is 2.89. The van der Waals surface area contributed by atoms with Crippen molar-refractivity contribution in [2.24, 2.45) is 0 Å². The first-order chi connectivity index (χ1) is 12.2. The lowest BCUT2D eigenvalue weighted by atomic mass is 10.1. The maximum atomic E-state index is 12.3. The summed E-state index contributed by atoms with van der Waals surface area (Å²) in [5.41, 5.74) is 3.27. The smallest absolute Gasteiger partial charge is 0.227 e. The number of amides is 1. The lowest BCUT2D eigenvalue weighted by Crippen LogP contribution is -2.41. The Bertz CT molecular complexity index is 899. The zero-order chi connectivity index (χ0) is 17.2. The van der Waals surface area contributed by atoms with E-state index in [1.54, 1.807) is 12.1 Å². The second-order valence-corrected chi connectivity index (χ2v) is 6.43. The Hall–Kier alpha value is -2.37. The van der Waals surface area contributed by atoms with Crippen LogP contribution in [0.1, 0.15) is 5.56 Å². The molecule has 5 nitrogen and oxygen atoms in total. The van der Waals surface area contributed by atoms with Crippen molar-refractivity contribution in [3.8, 4) is 11.5 Å². The van der Waals surface area contributed by atoms with Crippen molar-refractivity contribution < 1.29 is 13.9 Å². The van der Waals surface area contributed by atoms with Gasteiger partial charge in [-0.15, -0.1) is 0 Å². The molecule has 4 rings (SSSR count). The SMILES string of the molecule is O=C(Cc1ccc(-c2nc3cc(Cl)ccc3o2)cc1)N1CCOCC1. The van der Waals surface area contributed by atoms with E-state index in [9.17, 15) is 4.79 Å². The number of nitrogens with zero attached hydrogens (tertiary/aromatic N) is 2.